The molecule has 13 heavy (non-hydrogen) atoms. The summed E-state index contributed by atoms with van der Waals surface area (Å²) in [7, 11) is 0. The highest BCUT2D eigenvalue weighted by Crippen LogP contribution is 2.17. The summed E-state index contributed by atoms with van der Waals surface area (Å²) in [5, 5.41) is 0. The van der Waals surface area contributed by atoms with Crippen molar-refractivity contribution in [1.29, 1.82) is 0 Å². The van der Waals surface area contributed by atoms with Crippen LogP contribution in [0, 0.1) is 0 Å². The Balaban J connectivity index is 2.25. The molecule has 0 aliphatic carbocycles. The molecule has 2 aliphatic heterocycles. The zero-order valence-electron chi connectivity index (χ0n) is 7.90. The van der Waals surface area contributed by atoms with Crippen LogP contribution >= 0.6 is 0 Å². The third-order valence-electron chi connectivity index (χ3n) is 2.47. The largest absolute Gasteiger partial charge is 0.330 e. The van der Waals surface area contributed by atoms with E-state index in [-0.39, 0.29) is 0 Å². The molecular formula is C10H15N3. The van der Waals surface area contributed by atoms with Crippen molar-refractivity contribution in [3.63, 3.8) is 0 Å². The van der Waals surface area contributed by atoms with Gasteiger partial charge in [0.2, 0.25) is 0 Å². The molecular weight excluding hydrogens is 162 g/mol. The second kappa shape index (κ2) is 3.34. The predicted molar refractivity (Wildman–Crippen MR) is 54.5 cm³/mol. The van der Waals surface area contributed by atoms with Gasteiger partial charge in [0.15, 0.2) is 0 Å². The van der Waals surface area contributed by atoms with Crippen LogP contribution < -0.4 is 5.73 Å². The molecule has 2 aliphatic rings. The van der Waals surface area contributed by atoms with Gasteiger partial charge in [0.05, 0.1) is 12.6 Å². The van der Waals surface area contributed by atoms with Gasteiger partial charge >= 0.3 is 0 Å². The summed E-state index contributed by atoms with van der Waals surface area (Å²) in [6.07, 6.45) is 7.37. The highest BCUT2D eigenvalue weighted by atomic mass is 15.3. The SMILES string of the molecule is CC1=CN2C(=NCC2CN)CC=C1. The fraction of sp³-hybridized carbons (Fsp3) is 0.500. The minimum atomic E-state index is 0.379. The van der Waals surface area contributed by atoms with Crippen molar-refractivity contribution >= 4 is 5.84 Å². The third kappa shape index (κ3) is 1.52. The van der Waals surface area contributed by atoms with Crippen molar-refractivity contribution in [3.8, 4) is 0 Å². The molecule has 3 nitrogen and oxygen atoms in total. The Bertz CT molecular complexity index is 289. The van der Waals surface area contributed by atoms with Crippen LogP contribution in [0.2, 0.25) is 0 Å². The number of nitrogens with zero attached hydrogens (tertiary/aromatic N) is 2. The molecule has 0 aromatic heterocycles. The highest BCUT2D eigenvalue weighted by molar-refractivity contribution is 5.87. The van der Waals surface area contributed by atoms with Crippen molar-refractivity contribution in [1.82, 2.24) is 4.90 Å². The molecule has 0 bridgehead atoms. The lowest BCUT2D eigenvalue weighted by Gasteiger charge is -2.22. The molecule has 3 heteroatoms. The van der Waals surface area contributed by atoms with Gasteiger partial charge in [0.1, 0.15) is 5.84 Å². The maximum absolute atomic E-state index is 5.67. The van der Waals surface area contributed by atoms with E-state index < -0.39 is 0 Å². The molecule has 70 valence electrons. The van der Waals surface area contributed by atoms with Crippen LogP contribution in [0.5, 0.6) is 0 Å². The van der Waals surface area contributed by atoms with Crippen molar-refractivity contribution in [2.75, 3.05) is 13.1 Å². The summed E-state index contributed by atoms with van der Waals surface area (Å²) in [5.74, 6) is 1.16. The monoisotopic (exact) mass is 177 g/mol. The van der Waals surface area contributed by atoms with Crippen molar-refractivity contribution in [3.05, 3.63) is 23.9 Å². The fourth-order valence-electron chi connectivity index (χ4n) is 1.74. The number of hydrogen-bond donors (Lipinski definition) is 1. The van der Waals surface area contributed by atoms with Crippen LogP contribution in [0.1, 0.15) is 13.3 Å². The number of amidine groups is 1. The topological polar surface area (TPSA) is 41.6 Å². The standard InChI is InChI=1S/C10H15N3/c1-8-3-2-4-10-12-6-9(5-11)13(10)7-8/h2-3,7,9H,4-6,11H2,1H3. The van der Waals surface area contributed by atoms with Crippen LogP contribution in [-0.2, 0) is 0 Å². The van der Waals surface area contributed by atoms with Gasteiger partial charge in [-0.25, -0.2) is 0 Å². The van der Waals surface area contributed by atoms with Gasteiger partial charge in [-0.3, -0.25) is 4.99 Å². The first-order valence-electron chi connectivity index (χ1n) is 4.68. The Morgan fingerprint density at radius 2 is 2.54 bits per heavy atom. The predicted octanol–water partition coefficient (Wildman–Crippen LogP) is 0.892. The van der Waals surface area contributed by atoms with Crippen molar-refractivity contribution in [2.45, 2.75) is 19.4 Å². The number of rotatable bonds is 1. The molecule has 0 aromatic rings. The number of fused-ring (bicyclic) bond motifs is 1. The molecule has 0 spiro atoms. The van der Waals surface area contributed by atoms with Crippen molar-refractivity contribution < 1.29 is 0 Å². The van der Waals surface area contributed by atoms with Gasteiger partial charge in [0.25, 0.3) is 0 Å². The van der Waals surface area contributed by atoms with E-state index in [9.17, 15) is 0 Å². The van der Waals surface area contributed by atoms with Crippen LogP contribution in [0.25, 0.3) is 0 Å². The van der Waals surface area contributed by atoms with Gasteiger partial charge in [0, 0.05) is 19.2 Å². The molecule has 2 heterocycles. The molecule has 0 radical (unpaired) electrons. The van der Waals surface area contributed by atoms with Crippen LogP contribution in [-0.4, -0.2) is 29.9 Å². The van der Waals surface area contributed by atoms with E-state index in [4.69, 9.17) is 5.73 Å². The molecule has 0 aromatic carbocycles. The van der Waals surface area contributed by atoms with E-state index in [2.05, 4.69) is 35.2 Å². The van der Waals surface area contributed by atoms with E-state index in [0.29, 0.717) is 12.6 Å². The van der Waals surface area contributed by atoms with Gasteiger partial charge in [-0.2, -0.15) is 0 Å². The third-order valence-corrected chi connectivity index (χ3v) is 2.47. The summed E-state index contributed by atoms with van der Waals surface area (Å²) in [6.45, 7) is 3.63. The van der Waals surface area contributed by atoms with Crippen molar-refractivity contribution in [2.24, 2.45) is 10.7 Å². The normalized spacial score (nSPS) is 26.6. The Morgan fingerprint density at radius 3 is 3.31 bits per heavy atom. The second-order valence-electron chi connectivity index (χ2n) is 3.53. The Morgan fingerprint density at radius 1 is 1.69 bits per heavy atom. The smallest absolute Gasteiger partial charge is 0.107 e. The zero-order chi connectivity index (χ0) is 9.26. The molecule has 1 atom stereocenters. The number of aliphatic imine (C=N–C) groups is 1. The average molecular weight is 177 g/mol. The fourth-order valence-corrected chi connectivity index (χ4v) is 1.74. The summed E-state index contributed by atoms with van der Waals surface area (Å²) >= 11 is 0. The van der Waals surface area contributed by atoms with Gasteiger partial charge in [-0.05, 0) is 12.5 Å². The Hall–Kier alpha value is -1.09. The Kier molecular flexibility index (Phi) is 2.19. The first-order valence-corrected chi connectivity index (χ1v) is 4.68. The summed E-state index contributed by atoms with van der Waals surface area (Å²) in [6, 6.07) is 0.379. The summed E-state index contributed by atoms with van der Waals surface area (Å²) in [5.41, 5.74) is 6.94. The average Bonchev–Trinajstić information content (AvgIpc) is 2.39. The molecule has 0 saturated heterocycles. The summed E-state index contributed by atoms with van der Waals surface area (Å²) < 4.78 is 0. The lowest BCUT2D eigenvalue weighted by Crippen LogP contribution is -2.37. The summed E-state index contributed by atoms with van der Waals surface area (Å²) in [4.78, 5) is 6.69. The minimum absolute atomic E-state index is 0.379. The molecule has 0 fully saturated rings. The van der Waals surface area contributed by atoms with E-state index in [1.807, 2.05) is 0 Å². The quantitative estimate of drug-likeness (QED) is 0.646. The second-order valence-corrected chi connectivity index (χ2v) is 3.53. The first kappa shape index (κ1) is 8.51. The molecule has 2 N–H and O–H groups in total. The van der Waals surface area contributed by atoms with Gasteiger partial charge in [-0.1, -0.05) is 12.2 Å². The van der Waals surface area contributed by atoms with Crippen LogP contribution in [0.3, 0.4) is 0 Å². The Labute approximate surface area is 78.6 Å². The molecule has 0 amide bonds. The lowest BCUT2D eigenvalue weighted by atomic mass is 10.2. The number of nitrogens with two attached hydrogens (primary N) is 1. The first-order chi connectivity index (χ1) is 6.31. The highest BCUT2D eigenvalue weighted by Gasteiger charge is 2.24. The number of hydrogen-bond acceptors (Lipinski definition) is 3. The lowest BCUT2D eigenvalue weighted by molar-refractivity contribution is 0.444. The van der Waals surface area contributed by atoms with E-state index in [1.165, 1.54) is 5.57 Å². The van der Waals surface area contributed by atoms with Crippen LogP contribution in [0.4, 0.5) is 0 Å². The zero-order valence-corrected chi connectivity index (χ0v) is 7.90. The molecule has 1 unspecified atom stereocenters. The molecule has 0 saturated carbocycles. The maximum atomic E-state index is 5.67. The van der Waals surface area contributed by atoms with E-state index in [0.717, 1.165) is 18.8 Å². The van der Waals surface area contributed by atoms with E-state index in [1.54, 1.807) is 0 Å². The molecule has 2 rings (SSSR count). The van der Waals surface area contributed by atoms with Gasteiger partial charge < -0.3 is 10.6 Å². The van der Waals surface area contributed by atoms with Gasteiger partial charge in [-0.15, -0.1) is 0 Å². The van der Waals surface area contributed by atoms with Crippen LogP contribution in [0.15, 0.2) is 28.9 Å². The number of allylic oxidation sites excluding steroid dienone is 2. The minimum Gasteiger partial charge on any atom is -0.330 e. The van der Waals surface area contributed by atoms with E-state index >= 15 is 0 Å². The maximum Gasteiger partial charge on any atom is 0.107 e.